The molecule has 1 saturated heterocycles. The predicted octanol–water partition coefficient (Wildman–Crippen LogP) is 1.29. The number of ether oxygens (including phenoxy) is 2. The molecule has 30 heavy (non-hydrogen) atoms. The Hall–Kier alpha value is -2.27. The van der Waals surface area contributed by atoms with Crippen LogP contribution in [-0.4, -0.2) is 55.7 Å². The molecule has 1 aliphatic rings. The molecular weight excluding hydrogens is 406 g/mol. The summed E-state index contributed by atoms with van der Waals surface area (Å²) >= 11 is 4.46. The van der Waals surface area contributed by atoms with Crippen LogP contribution >= 0.6 is 12.2 Å². The lowest BCUT2D eigenvalue weighted by atomic mass is 10.1. The molecule has 3 unspecified atom stereocenters. The summed E-state index contributed by atoms with van der Waals surface area (Å²) in [6, 6.07) is 7.39. The molecule has 2 aromatic rings. The van der Waals surface area contributed by atoms with Gasteiger partial charge in [0, 0.05) is 25.1 Å². The summed E-state index contributed by atoms with van der Waals surface area (Å²) in [6.45, 7) is 5.88. The predicted molar refractivity (Wildman–Crippen MR) is 117 cm³/mol. The molecule has 0 radical (unpaired) electrons. The standard InChI is InChI=1S/C17H23N3O4.C3H8N2S/c1-12(21)16-4-2-3-5-17(16)24-11-13-9-20(19-18-13)10-15-8-14(22)6-7-23-15;1-2-5-3(4)6/h2-5,9,12,14-15,21-22H,6-8,10-11H2,1H3;2H2,1H3,(H3,4,5,6). The zero-order valence-electron chi connectivity index (χ0n) is 17.4. The maximum absolute atomic E-state index is 9.76. The molecule has 3 rings (SSSR count). The maximum Gasteiger partial charge on any atom is 0.163 e. The first-order valence-electron chi connectivity index (χ1n) is 10.0. The molecule has 1 aliphatic heterocycles. The Bertz CT molecular complexity index is 786. The normalized spacial score (nSPS) is 19.3. The number of thiocarbonyl (C=S) groups is 1. The second-order valence-corrected chi connectivity index (χ2v) is 7.44. The third-order valence-corrected chi connectivity index (χ3v) is 4.56. The number of nitrogens with zero attached hydrogens (tertiary/aromatic N) is 3. The molecule has 1 aromatic heterocycles. The van der Waals surface area contributed by atoms with Crippen LogP contribution in [-0.2, 0) is 17.9 Å². The molecule has 1 aromatic carbocycles. The number of nitrogens with two attached hydrogens (primary N) is 1. The SMILES string of the molecule is CC(O)c1ccccc1OCc1cn(CC2CC(O)CCO2)nn1.CCNC(N)=S. The van der Waals surface area contributed by atoms with Crippen molar-refractivity contribution in [2.75, 3.05) is 13.2 Å². The van der Waals surface area contributed by atoms with Gasteiger partial charge in [-0.2, -0.15) is 0 Å². The van der Waals surface area contributed by atoms with Crippen LogP contribution in [0.2, 0.25) is 0 Å². The van der Waals surface area contributed by atoms with Crippen LogP contribution in [0.25, 0.3) is 0 Å². The number of rotatable bonds is 7. The number of hydrogen-bond donors (Lipinski definition) is 4. The zero-order chi connectivity index (χ0) is 21.9. The van der Waals surface area contributed by atoms with Crippen molar-refractivity contribution in [2.45, 2.75) is 58.2 Å². The molecular formula is C20H31N5O4S. The molecule has 0 saturated carbocycles. The molecule has 2 heterocycles. The fourth-order valence-corrected chi connectivity index (χ4v) is 3.12. The highest BCUT2D eigenvalue weighted by molar-refractivity contribution is 7.80. The molecule has 5 N–H and O–H groups in total. The summed E-state index contributed by atoms with van der Waals surface area (Å²) in [5, 5.41) is 30.7. The van der Waals surface area contributed by atoms with Crippen LogP contribution in [0, 0.1) is 0 Å². The van der Waals surface area contributed by atoms with Crippen molar-refractivity contribution >= 4 is 17.3 Å². The van der Waals surface area contributed by atoms with Crippen LogP contribution in [0.4, 0.5) is 0 Å². The monoisotopic (exact) mass is 437 g/mol. The number of aliphatic hydroxyl groups excluding tert-OH is 2. The number of para-hydroxylation sites is 1. The van der Waals surface area contributed by atoms with E-state index in [-0.39, 0.29) is 18.8 Å². The van der Waals surface area contributed by atoms with Crippen molar-refractivity contribution in [1.29, 1.82) is 0 Å². The average Bonchev–Trinajstić information content (AvgIpc) is 3.14. The smallest absolute Gasteiger partial charge is 0.163 e. The summed E-state index contributed by atoms with van der Waals surface area (Å²) in [4.78, 5) is 0. The fourth-order valence-electron chi connectivity index (χ4n) is 2.97. The van der Waals surface area contributed by atoms with E-state index in [4.69, 9.17) is 15.2 Å². The molecule has 10 heteroatoms. The van der Waals surface area contributed by atoms with Crippen molar-refractivity contribution in [3.63, 3.8) is 0 Å². The van der Waals surface area contributed by atoms with Crippen LogP contribution in [0.5, 0.6) is 5.75 Å². The van der Waals surface area contributed by atoms with Gasteiger partial charge in [0.05, 0.1) is 31.1 Å². The van der Waals surface area contributed by atoms with Gasteiger partial charge in [0.15, 0.2) is 5.11 Å². The second-order valence-electron chi connectivity index (χ2n) is 7.00. The lowest BCUT2D eigenvalue weighted by Gasteiger charge is -2.26. The Morgan fingerprint density at radius 1 is 1.47 bits per heavy atom. The Kier molecular flexibility index (Phi) is 9.95. The maximum atomic E-state index is 9.76. The summed E-state index contributed by atoms with van der Waals surface area (Å²) in [6.07, 6.45) is 2.19. The number of hydrogen-bond acceptors (Lipinski definition) is 7. The van der Waals surface area contributed by atoms with Crippen molar-refractivity contribution < 1.29 is 19.7 Å². The molecule has 0 amide bonds. The highest BCUT2D eigenvalue weighted by atomic mass is 32.1. The summed E-state index contributed by atoms with van der Waals surface area (Å²) in [5.41, 5.74) is 6.47. The lowest BCUT2D eigenvalue weighted by Crippen LogP contribution is -2.32. The number of benzene rings is 1. The number of nitrogens with one attached hydrogen (secondary N) is 1. The van der Waals surface area contributed by atoms with Gasteiger partial charge in [-0.3, -0.25) is 0 Å². The van der Waals surface area contributed by atoms with E-state index in [1.54, 1.807) is 11.6 Å². The highest BCUT2D eigenvalue weighted by Gasteiger charge is 2.21. The quantitative estimate of drug-likeness (QED) is 0.474. The summed E-state index contributed by atoms with van der Waals surface area (Å²) in [5.74, 6) is 0.640. The molecule has 9 nitrogen and oxygen atoms in total. The van der Waals surface area contributed by atoms with Gasteiger partial charge in [-0.1, -0.05) is 23.4 Å². The van der Waals surface area contributed by atoms with E-state index in [9.17, 15) is 10.2 Å². The van der Waals surface area contributed by atoms with E-state index in [0.717, 1.165) is 12.1 Å². The minimum Gasteiger partial charge on any atom is -0.487 e. The third kappa shape index (κ3) is 8.23. The first kappa shape index (κ1) is 24.0. The Labute approximate surface area is 182 Å². The van der Waals surface area contributed by atoms with E-state index in [1.165, 1.54) is 0 Å². The fraction of sp³-hybridized carbons (Fsp3) is 0.550. The van der Waals surface area contributed by atoms with E-state index in [0.29, 0.717) is 42.5 Å². The van der Waals surface area contributed by atoms with Gasteiger partial charge in [0.2, 0.25) is 0 Å². The van der Waals surface area contributed by atoms with Crippen molar-refractivity contribution in [3.05, 3.63) is 41.7 Å². The van der Waals surface area contributed by atoms with Crippen molar-refractivity contribution in [1.82, 2.24) is 20.3 Å². The molecule has 0 spiro atoms. The van der Waals surface area contributed by atoms with Crippen LogP contribution in [0.3, 0.4) is 0 Å². The Morgan fingerprint density at radius 2 is 2.23 bits per heavy atom. The van der Waals surface area contributed by atoms with E-state index in [1.807, 2.05) is 37.4 Å². The van der Waals surface area contributed by atoms with E-state index in [2.05, 4.69) is 27.8 Å². The van der Waals surface area contributed by atoms with E-state index >= 15 is 0 Å². The minimum absolute atomic E-state index is 0.0415. The Morgan fingerprint density at radius 3 is 2.87 bits per heavy atom. The largest absolute Gasteiger partial charge is 0.487 e. The zero-order valence-corrected chi connectivity index (χ0v) is 18.2. The third-order valence-electron chi connectivity index (χ3n) is 4.41. The molecule has 166 valence electrons. The van der Waals surface area contributed by atoms with Gasteiger partial charge in [-0.05, 0) is 38.6 Å². The molecule has 1 fully saturated rings. The number of aliphatic hydroxyl groups is 2. The first-order valence-corrected chi connectivity index (χ1v) is 10.4. The minimum atomic E-state index is -0.591. The van der Waals surface area contributed by atoms with Crippen molar-refractivity contribution in [3.8, 4) is 5.75 Å². The Balaban J connectivity index is 0.000000469. The number of aromatic nitrogens is 3. The van der Waals surface area contributed by atoms with Crippen LogP contribution < -0.4 is 15.8 Å². The van der Waals surface area contributed by atoms with E-state index < -0.39 is 6.10 Å². The first-order chi connectivity index (χ1) is 14.4. The molecule has 0 bridgehead atoms. The van der Waals surface area contributed by atoms with Gasteiger partial charge in [-0.25, -0.2) is 4.68 Å². The van der Waals surface area contributed by atoms with Crippen molar-refractivity contribution in [2.24, 2.45) is 5.73 Å². The second kappa shape index (κ2) is 12.4. The topological polar surface area (TPSA) is 128 Å². The summed E-state index contributed by atoms with van der Waals surface area (Å²) < 4.78 is 13.1. The van der Waals surface area contributed by atoms with Crippen LogP contribution in [0.1, 0.15) is 44.1 Å². The van der Waals surface area contributed by atoms with Gasteiger partial charge < -0.3 is 30.7 Å². The summed E-state index contributed by atoms with van der Waals surface area (Å²) in [7, 11) is 0. The van der Waals surface area contributed by atoms with Gasteiger partial charge in [-0.15, -0.1) is 5.10 Å². The van der Waals surface area contributed by atoms with Crippen LogP contribution in [0.15, 0.2) is 30.5 Å². The molecule has 0 aliphatic carbocycles. The van der Waals surface area contributed by atoms with Gasteiger partial charge in [0.25, 0.3) is 0 Å². The lowest BCUT2D eigenvalue weighted by molar-refractivity contribution is -0.0512. The van der Waals surface area contributed by atoms with Gasteiger partial charge >= 0.3 is 0 Å². The van der Waals surface area contributed by atoms with Gasteiger partial charge in [0.1, 0.15) is 18.1 Å². The highest BCUT2D eigenvalue weighted by Crippen LogP contribution is 2.25. The molecule has 3 atom stereocenters. The average molecular weight is 438 g/mol.